The highest BCUT2D eigenvalue weighted by Gasteiger charge is 2.21. The number of carboxylic acids is 1. The summed E-state index contributed by atoms with van der Waals surface area (Å²) < 4.78 is 15.3. The molecule has 2 unspecified atom stereocenters. The predicted molar refractivity (Wildman–Crippen MR) is 112 cm³/mol. The molecule has 0 saturated carbocycles. The summed E-state index contributed by atoms with van der Waals surface area (Å²) in [5.41, 5.74) is 4.55. The Hall–Kier alpha value is -2.77. The molecule has 2 aromatic heterocycles. The summed E-state index contributed by atoms with van der Waals surface area (Å²) in [4.78, 5) is 10.7. The Bertz CT molecular complexity index is 1010. The maximum absolute atomic E-state index is 13.5. The van der Waals surface area contributed by atoms with E-state index in [4.69, 9.17) is 10.2 Å². The molecule has 0 aliphatic rings. The molecule has 0 saturated heterocycles. The van der Waals surface area contributed by atoms with E-state index in [1.165, 1.54) is 12.1 Å². The molecular formula is C23H27FN2O4. The summed E-state index contributed by atoms with van der Waals surface area (Å²) in [5.74, 6) is -1.23. The first-order chi connectivity index (χ1) is 14.3. The SMILES string of the molecule is CC(C)c1c(CCC(O)CC(O)CC(=O)O)c(-c2ccc(F)cc2)nn2cccc12. The largest absolute Gasteiger partial charge is 0.481 e. The maximum atomic E-state index is 13.5. The molecule has 2 atom stereocenters. The highest BCUT2D eigenvalue weighted by molar-refractivity contribution is 5.71. The van der Waals surface area contributed by atoms with Crippen LogP contribution in [0.4, 0.5) is 4.39 Å². The quantitative estimate of drug-likeness (QED) is 0.495. The minimum absolute atomic E-state index is 0.00397. The second-order valence-corrected chi connectivity index (χ2v) is 7.92. The van der Waals surface area contributed by atoms with Gasteiger partial charge in [-0.15, -0.1) is 0 Å². The lowest BCUT2D eigenvalue weighted by atomic mass is 9.89. The summed E-state index contributed by atoms with van der Waals surface area (Å²) in [6.45, 7) is 4.18. The second-order valence-electron chi connectivity index (χ2n) is 7.92. The molecule has 0 aliphatic heterocycles. The molecule has 0 bridgehead atoms. The second kappa shape index (κ2) is 9.36. The van der Waals surface area contributed by atoms with Crippen LogP contribution in [0, 0.1) is 5.82 Å². The zero-order valence-corrected chi connectivity index (χ0v) is 17.1. The van der Waals surface area contributed by atoms with Gasteiger partial charge in [0.1, 0.15) is 5.82 Å². The Labute approximate surface area is 174 Å². The van der Waals surface area contributed by atoms with E-state index in [1.807, 2.05) is 22.8 Å². The lowest BCUT2D eigenvalue weighted by molar-refractivity contribution is -0.139. The number of rotatable bonds is 9. The van der Waals surface area contributed by atoms with Crippen LogP contribution < -0.4 is 0 Å². The molecule has 2 heterocycles. The van der Waals surface area contributed by atoms with Crippen LogP contribution in [0.25, 0.3) is 16.8 Å². The fourth-order valence-corrected chi connectivity index (χ4v) is 3.89. The molecule has 7 heteroatoms. The number of halogens is 1. The van der Waals surface area contributed by atoms with Crippen LogP contribution in [-0.4, -0.2) is 43.1 Å². The first kappa shape index (κ1) is 21.9. The summed E-state index contributed by atoms with van der Waals surface area (Å²) in [6.07, 6.45) is 0.380. The van der Waals surface area contributed by atoms with E-state index in [2.05, 4.69) is 13.8 Å². The molecule has 160 valence electrons. The molecular weight excluding hydrogens is 387 g/mol. The average molecular weight is 414 g/mol. The lowest BCUT2D eigenvalue weighted by Crippen LogP contribution is -2.21. The van der Waals surface area contributed by atoms with Gasteiger partial charge in [0.15, 0.2) is 0 Å². The van der Waals surface area contributed by atoms with Gasteiger partial charge in [-0.05, 0) is 72.7 Å². The molecule has 0 amide bonds. The highest BCUT2D eigenvalue weighted by Crippen LogP contribution is 2.33. The van der Waals surface area contributed by atoms with E-state index in [0.29, 0.717) is 12.8 Å². The Kier molecular flexibility index (Phi) is 6.84. The van der Waals surface area contributed by atoms with Crippen molar-refractivity contribution in [2.45, 2.75) is 57.7 Å². The van der Waals surface area contributed by atoms with Crippen molar-refractivity contribution < 1.29 is 24.5 Å². The van der Waals surface area contributed by atoms with Gasteiger partial charge in [-0.25, -0.2) is 8.91 Å². The van der Waals surface area contributed by atoms with Gasteiger partial charge >= 0.3 is 5.97 Å². The molecule has 30 heavy (non-hydrogen) atoms. The minimum atomic E-state index is -1.10. The number of benzene rings is 1. The van der Waals surface area contributed by atoms with Crippen LogP contribution in [-0.2, 0) is 11.2 Å². The molecule has 3 rings (SSSR count). The normalized spacial score (nSPS) is 13.7. The van der Waals surface area contributed by atoms with Crippen molar-refractivity contribution in [1.29, 1.82) is 0 Å². The zero-order chi connectivity index (χ0) is 21.8. The number of nitrogens with zero attached hydrogens (tertiary/aromatic N) is 2. The summed E-state index contributed by atoms with van der Waals surface area (Å²) in [6, 6.07) is 10.1. The first-order valence-corrected chi connectivity index (χ1v) is 10.1. The molecule has 3 aromatic rings. The minimum Gasteiger partial charge on any atom is -0.481 e. The van der Waals surface area contributed by atoms with Gasteiger partial charge in [-0.2, -0.15) is 5.10 Å². The van der Waals surface area contributed by atoms with Crippen molar-refractivity contribution in [1.82, 2.24) is 9.61 Å². The Morgan fingerprint density at radius 2 is 1.83 bits per heavy atom. The number of aliphatic hydroxyl groups excluding tert-OH is 2. The third-order valence-electron chi connectivity index (χ3n) is 5.20. The Morgan fingerprint density at radius 3 is 2.47 bits per heavy atom. The van der Waals surface area contributed by atoms with E-state index in [1.54, 1.807) is 12.1 Å². The van der Waals surface area contributed by atoms with Crippen molar-refractivity contribution >= 4 is 11.5 Å². The summed E-state index contributed by atoms with van der Waals surface area (Å²) in [7, 11) is 0. The highest BCUT2D eigenvalue weighted by atomic mass is 19.1. The molecule has 0 aliphatic carbocycles. The number of aliphatic hydroxyl groups is 2. The van der Waals surface area contributed by atoms with Gasteiger partial charge in [-0.3, -0.25) is 4.79 Å². The van der Waals surface area contributed by atoms with Crippen LogP contribution in [0.2, 0.25) is 0 Å². The van der Waals surface area contributed by atoms with Crippen LogP contribution in [0.3, 0.4) is 0 Å². The number of fused-ring (bicyclic) bond motifs is 1. The Morgan fingerprint density at radius 1 is 1.13 bits per heavy atom. The Balaban J connectivity index is 1.96. The molecule has 3 N–H and O–H groups in total. The van der Waals surface area contributed by atoms with Crippen LogP contribution in [0.1, 0.15) is 50.2 Å². The van der Waals surface area contributed by atoms with Gasteiger partial charge in [0.25, 0.3) is 0 Å². The molecule has 6 nitrogen and oxygen atoms in total. The van der Waals surface area contributed by atoms with Crippen molar-refractivity contribution in [2.75, 3.05) is 0 Å². The molecule has 1 aromatic carbocycles. The number of hydrogen-bond acceptors (Lipinski definition) is 4. The van der Waals surface area contributed by atoms with E-state index in [0.717, 1.165) is 27.9 Å². The van der Waals surface area contributed by atoms with E-state index in [9.17, 15) is 19.4 Å². The third-order valence-corrected chi connectivity index (χ3v) is 5.20. The van der Waals surface area contributed by atoms with E-state index in [-0.39, 0.29) is 18.2 Å². The topological polar surface area (TPSA) is 95.1 Å². The smallest absolute Gasteiger partial charge is 0.305 e. The predicted octanol–water partition coefficient (Wildman–Crippen LogP) is 3.78. The molecule has 0 fully saturated rings. The number of hydrogen-bond donors (Lipinski definition) is 3. The standard InChI is InChI=1S/C23H27FN2O4/c1-14(2)22-19(10-9-17(27)12-18(28)13-21(29)30)23(15-5-7-16(24)8-6-15)25-26-11-3-4-20(22)26/h3-8,11,14,17-18,27-28H,9-10,12-13H2,1-2H3,(H,29,30). The first-order valence-electron chi connectivity index (χ1n) is 10.1. The van der Waals surface area contributed by atoms with Crippen LogP contribution in [0.15, 0.2) is 42.6 Å². The van der Waals surface area contributed by atoms with E-state index < -0.39 is 24.6 Å². The number of carboxylic acid groups (broad SMARTS) is 1. The monoisotopic (exact) mass is 414 g/mol. The van der Waals surface area contributed by atoms with Gasteiger partial charge in [0, 0.05) is 11.8 Å². The fraction of sp³-hybridized carbons (Fsp3) is 0.391. The van der Waals surface area contributed by atoms with Gasteiger partial charge in [-0.1, -0.05) is 13.8 Å². The van der Waals surface area contributed by atoms with Crippen LogP contribution in [0.5, 0.6) is 0 Å². The van der Waals surface area contributed by atoms with Gasteiger partial charge in [0.05, 0.1) is 29.8 Å². The summed E-state index contributed by atoms with van der Waals surface area (Å²) >= 11 is 0. The number of aliphatic carboxylic acids is 1. The van der Waals surface area contributed by atoms with Crippen molar-refractivity contribution in [3.63, 3.8) is 0 Å². The lowest BCUT2D eigenvalue weighted by Gasteiger charge is -2.21. The average Bonchev–Trinajstić information content (AvgIpc) is 3.13. The molecule has 0 radical (unpaired) electrons. The zero-order valence-electron chi connectivity index (χ0n) is 17.1. The van der Waals surface area contributed by atoms with Crippen molar-refractivity contribution in [3.05, 3.63) is 59.5 Å². The van der Waals surface area contributed by atoms with E-state index >= 15 is 0 Å². The summed E-state index contributed by atoms with van der Waals surface area (Å²) in [5, 5.41) is 33.7. The number of carbonyl (C=O) groups is 1. The van der Waals surface area contributed by atoms with Crippen molar-refractivity contribution in [2.24, 2.45) is 0 Å². The fourth-order valence-electron chi connectivity index (χ4n) is 3.89. The number of aromatic nitrogens is 2. The van der Waals surface area contributed by atoms with Crippen molar-refractivity contribution in [3.8, 4) is 11.3 Å². The van der Waals surface area contributed by atoms with Gasteiger partial charge < -0.3 is 15.3 Å². The third kappa shape index (κ3) is 5.04. The van der Waals surface area contributed by atoms with Crippen LogP contribution >= 0.6 is 0 Å². The molecule has 0 spiro atoms. The van der Waals surface area contributed by atoms with Gasteiger partial charge in [0.2, 0.25) is 0 Å². The maximum Gasteiger partial charge on any atom is 0.305 e.